The number of aliphatic hydroxyl groups is 1. The predicted octanol–water partition coefficient (Wildman–Crippen LogP) is 6.45. The van der Waals surface area contributed by atoms with Crippen LogP contribution in [0, 0.1) is 40.4 Å². The standard InChI is InChI=1S/C31H47NO3S/c1-29-16-17-31(34,20-35-5)18-21(29)6-11-24-25-12-13-27(30(25,2)15-14-26(24)29)28(33)19-36-23-9-7-22(8-10-23)32(3)4/h7-10,21,24-27,34H,6,11-20H2,1-5H3/t21-,24-,25-,26-,27+,29-,30-,31+/m0/s1. The van der Waals surface area contributed by atoms with E-state index in [-0.39, 0.29) is 11.3 Å². The minimum absolute atomic E-state index is 0.169. The molecular formula is C31H47NO3S. The normalized spacial score (nSPS) is 41.8. The number of anilines is 1. The molecule has 0 bridgehead atoms. The molecule has 0 saturated heterocycles. The second kappa shape index (κ2) is 9.93. The number of hydrogen-bond donors (Lipinski definition) is 1. The minimum Gasteiger partial charge on any atom is -0.387 e. The molecule has 0 amide bonds. The van der Waals surface area contributed by atoms with Crippen LogP contribution in [0.4, 0.5) is 5.69 Å². The van der Waals surface area contributed by atoms with Crippen molar-refractivity contribution in [1.82, 2.24) is 0 Å². The van der Waals surface area contributed by atoms with Crippen molar-refractivity contribution in [1.29, 1.82) is 0 Å². The van der Waals surface area contributed by atoms with Crippen molar-refractivity contribution in [3.63, 3.8) is 0 Å². The quantitative estimate of drug-likeness (QED) is 0.425. The summed E-state index contributed by atoms with van der Waals surface area (Å²) in [5.41, 5.74) is 1.06. The van der Waals surface area contributed by atoms with E-state index in [4.69, 9.17) is 4.74 Å². The number of thioether (sulfide) groups is 1. The smallest absolute Gasteiger partial charge is 0.146 e. The lowest BCUT2D eigenvalue weighted by atomic mass is 9.44. The number of carbonyl (C=O) groups is 1. The molecule has 4 aliphatic carbocycles. The Morgan fingerprint density at radius 3 is 2.42 bits per heavy atom. The summed E-state index contributed by atoms with van der Waals surface area (Å²) in [6.07, 6.45) is 10.2. The van der Waals surface area contributed by atoms with Crippen molar-refractivity contribution in [3.05, 3.63) is 24.3 Å². The molecular weight excluding hydrogens is 466 g/mol. The molecule has 0 spiro atoms. The number of carbonyl (C=O) groups excluding carboxylic acids is 1. The first-order valence-electron chi connectivity index (χ1n) is 14.2. The Balaban J connectivity index is 1.24. The number of benzene rings is 1. The first kappa shape index (κ1) is 26.6. The highest BCUT2D eigenvalue weighted by atomic mass is 32.2. The summed E-state index contributed by atoms with van der Waals surface area (Å²) < 4.78 is 5.38. The number of ether oxygens (including phenoxy) is 1. The van der Waals surface area contributed by atoms with Crippen molar-refractivity contribution in [3.8, 4) is 0 Å². The number of nitrogens with zero attached hydrogens (tertiary/aromatic N) is 1. The van der Waals surface area contributed by atoms with Crippen LogP contribution in [-0.4, -0.2) is 50.1 Å². The van der Waals surface area contributed by atoms with Crippen LogP contribution >= 0.6 is 11.8 Å². The van der Waals surface area contributed by atoms with Crippen LogP contribution in [0.3, 0.4) is 0 Å². The molecule has 0 aliphatic heterocycles. The predicted molar refractivity (Wildman–Crippen MR) is 149 cm³/mol. The highest BCUT2D eigenvalue weighted by Gasteiger charge is 2.62. The largest absolute Gasteiger partial charge is 0.387 e. The van der Waals surface area contributed by atoms with Crippen molar-refractivity contribution >= 4 is 23.2 Å². The van der Waals surface area contributed by atoms with Gasteiger partial charge in [0.25, 0.3) is 0 Å². The summed E-state index contributed by atoms with van der Waals surface area (Å²) in [5, 5.41) is 11.1. The van der Waals surface area contributed by atoms with Gasteiger partial charge in [0.2, 0.25) is 0 Å². The zero-order chi connectivity index (χ0) is 25.7. The molecule has 5 rings (SSSR count). The van der Waals surface area contributed by atoms with Crippen LogP contribution in [-0.2, 0) is 9.53 Å². The molecule has 1 aromatic rings. The van der Waals surface area contributed by atoms with E-state index in [9.17, 15) is 9.90 Å². The molecule has 5 heteroatoms. The molecule has 1 N–H and O–H groups in total. The zero-order valence-corrected chi connectivity index (χ0v) is 23.9. The van der Waals surface area contributed by atoms with Gasteiger partial charge in [-0.15, -0.1) is 11.8 Å². The van der Waals surface area contributed by atoms with Crippen molar-refractivity contribution in [2.75, 3.05) is 38.5 Å². The molecule has 4 fully saturated rings. The maximum atomic E-state index is 13.6. The lowest BCUT2D eigenvalue weighted by Crippen LogP contribution is -2.56. The summed E-state index contributed by atoms with van der Waals surface area (Å²) in [6.45, 7) is 5.47. The zero-order valence-electron chi connectivity index (χ0n) is 23.1. The Bertz CT molecular complexity index is 950. The van der Waals surface area contributed by atoms with Gasteiger partial charge in [-0.25, -0.2) is 0 Å². The van der Waals surface area contributed by atoms with Gasteiger partial charge in [-0.2, -0.15) is 0 Å². The van der Waals surface area contributed by atoms with E-state index in [1.807, 2.05) is 0 Å². The van der Waals surface area contributed by atoms with E-state index in [1.54, 1.807) is 18.9 Å². The van der Waals surface area contributed by atoms with Gasteiger partial charge in [0.1, 0.15) is 5.78 Å². The number of methoxy groups -OCH3 is 1. The molecule has 0 radical (unpaired) electrons. The van der Waals surface area contributed by atoms with Gasteiger partial charge < -0.3 is 14.7 Å². The van der Waals surface area contributed by atoms with Gasteiger partial charge in [-0.3, -0.25) is 4.79 Å². The van der Waals surface area contributed by atoms with E-state index >= 15 is 0 Å². The summed E-state index contributed by atoms with van der Waals surface area (Å²) >= 11 is 1.71. The Morgan fingerprint density at radius 2 is 1.72 bits per heavy atom. The third kappa shape index (κ3) is 4.56. The number of rotatable bonds is 7. The first-order valence-corrected chi connectivity index (χ1v) is 15.2. The van der Waals surface area contributed by atoms with Gasteiger partial charge in [0.05, 0.1) is 18.0 Å². The van der Waals surface area contributed by atoms with Crippen LogP contribution in [0.15, 0.2) is 29.2 Å². The Hall–Kier alpha value is -1.04. The molecule has 0 aromatic heterocycles. The monoisotopic (exact) mass is 513 g/mol. The molecule has 0 unspecified atom stereocenters. The topological polar surface area (TPSA) is 49.8 Å². The first-order chi connectivity index (χ1) is 17.1. The summed E-state index contributed by atoms with van der Waals surface area (Å²) in [5.74, 6) is 4.09. The second-order valence-electron chi connectivity index (χ2n) is 13.3. The van der Waals surface area contributed by atoms with Crippen LogP contribution in [0.25, 0.3) is 0 Å². The van der Waals surface area contributed by atoms with Crippen LogP contribution in [0.1, 0.15) is 71.6 Å². The summed E-state index contributed by atoms with van der Waals surface area (Å²) in [4.78, 5) is 16.9. The van der Waals surface area contributed by atoms with Crippen LogP contribution < -0.4 is 4.90 Å². The highest BCUT2D eigenvalue weighted by Crippen LogP contribution is 2.68. The van der Waals surface area contributed by atoms with Gasteiger partial charge in [-0.05, 0) is 117 Å². The maximum Gasteiger partial charge on any atom is 0.146 e. The molecule has 8 atom stereocenters. The Labute approximate surface area is 222 Å². The van der Waals surface area contributed by atoms with E-state index in [2.05, 4.69) is 57.1 Å². The number of hydrogen-bond acceptors (Lipinski definition) is 5. The number of Topliss-reactive ketones (excluding diaryl/α,β-unsaturated/α-hetero) is 1. The number of fused-ring (bicyclic) bond motifs is 5. The van der Waals surface area contributed by atoms with Crippen LogP contribution in [0.5, 0.6) is 0 Å². The minimum atomic E-state index is -0.635. The van der Waals surface area contributed by atoms with Gasteiger partial charge in [-0.1, -0.05) is 13.8 Å². The van der Waals surface area contributed by atoms with E-state index in [0.29, 0.717) is 35.4 Å². The fourth-order valence-corrected chi connectivity index (χ4v) is 10.2. The van der Waals surface area contributed by atoms with E-state index in [0.717, 1.165) is 37.5 Å². The third-order valence-electron chi connectivity index (χ3n) is 11.4. The van der Waals surface area contributed by atoms with Crippen molar-refractivity contribution in [2.45, 2.75) is 82.1 Å². The molecule has 200 valence electrons. The highest BCUT2D eigenvalue weighted by molar-refractivity contribution is 8.00. The van der Waals surface area contributed by atoms with E-state index in [1.165, 1.54) is 42.7 Å². The van der Waals surface area contributed by atoms with E-state index < -0.39 is 5.60 Å². The average molecular weight is 514 g/mol. The van der Waals surface area contributed by atoms with Crippen LogP contribution in [0.2, 0.25) is 0 Å². The Morgan fingerprint density at radius 1 is 1.00 bits per heavy atom. The second-order valence-corrected chi connectivity index (χ2v) is 14.4. The molecule has 4 nitrogen and oxygen atoms in total. The van der Waals surface area contributed by atoms with Gasteiger partial charge in [0.15, 0.2) is 0 Å². The molecule has 4 saturated carbocycles. The maximum absolute atomic E-state index is 13.6. The summed E-state index contributed by atoms with van der Waals surface area (Å²) in [6, 6.07) is 8.57. The lowest BCUT2D eigenvalue weighted by Gasteiger charge is -2.62. The van der Waals surface area contributed by atoms with Gasteiger partial charge in [0, 0.05) is 37.7 Å². The van der Waals surface area contributed by atoms with Crippen molar-refractivity contribution < 1.29 is 14.6 Å². The average Bonchev–Trinajstić information content (AvgIpc) is 3.21. The Kier molecular flexibility index (Phi) is 7.33. The lowest BCUT2D eigenvalue weighted by molar-refractivity contribution is -0.163. The third-order valence-corrected chi connectivity index (χ3v) is 12.4. The summed E-state index contributed by atoms with van der Waals surface area (Å²) in [7, 11) is 5.82. The number of ketones is 1. The molecule has 0 heterocycles. The fraction of sp³-hybridized carbons (Fsp3) is 0.774. The molecule has 36 heavy (non-hydrogen) atoms. The van der Waals surface area contributed by atoms with Crippen molar-refractivity contribution in [2.24, 2.45) is 40.4 Å². The molecule has 1 aromatic carbocycles. The molecule has 4 aliphatic rings. The SMILES string of the molecule is COC[C@@]1(O)CC[C@@]2(C)[C@@H](CC[C@@H]3[C@@H]2CC[C@]2(C)[C@@H](C(=O)CSc4ccc(N(C)C)cc4)CC[C@@H]32)C1. The fourth-order valence-electron chi connectivity index (χ4n) is 9.35. The van der Waals surface area contributed by atoms with Gasteiger partial charge >= 0.3 is 0 Å².